The number of rotatable bonds is 4. The van der Waals surface area contributed by atoms with Gasteiger partial charge in [0.1, 0.15) is 5.02 Å². The van der Waals surface area contributed by atoms with Crippen molar-refractivity contribution in [1.82, 2.24) is 9.99 Å². The number of nitrogens with zero attached hydrogens (tertiary/aromatic N) is 4. The molecule has 0 spiro atoms. The lowest BCUT2D eigenvalue weighted by Gasteiger charge is -2.19. The molecule has 1 aliphatic rings. The zero-order valence-electron chi connectivity index (χ0n) is 17.9. The highest BCUT2D eigenvalue weighted by molar-refractivity contribution is 6.32. The number of carbonyl (C=O) groups is 1. The van der Waals surface area contributed by atoms with Gasteiger partial charge in [-0.3, -0.25) is 14.9 Å². The second-order valence-electron chi connectivity index (χ2n) is 7.65. The summed E-state index contributed by atoms with van der Waals surface area (Å²) in [6.07, 6.45) is -0.976. The highest BCUT2D eigenvalue weighted by Crippen LogP contribution is 2.36. The van der Waals surface area contributed by atoms with Crippen molar-refractivity contribution in [3.63, 3.8) is 0 Å². The number of halogens is 1. The van der Waals surface area contributed by atoms with Crippen LogP contribution in [-0.2, 0) is 9.53 Å². The summed E-state index contributed by atoms with van der Waals surface area (Å²) in [5, 5.41) is 17.8. The number of hydrogen-bond acceptors (Lipinski definition) is 6. The Hall–Kier alpha value is -4.30. The van der Waals surface area contributed by atoms with Crippen molar-refractivity contribution in [1.29, 1.82) is 0 Å². The van der Waals surface area contributed by atoms with Crippen LogP contribution in [-0.4, -0.2) is 26.7 Å². The molecule has 2 heterocycles. The molecule has 1 amide bonds. The molecule has 1 aromatic heterocycles. The Morgan fingerprint density at radius 2 is 1.79 bits per heavy atom. The molecule has 0 N–H and O–H groups in total. The van der Waals surface area contributed by atoms with E-state index in [0.717, 1.165) is 22.2 Å². The zero-order chi connectivity index (χ0) is 23.8. The number of ether oxygens (including phenoxy) is 1. The first-order valence-electron chi connectivity index (χ1n) is 10.4. The Kier molecular flexibility index (Phi) is 5.43. The highest BCUT2D eigenvalue weighted by atomic mass is 35.5. The number of para-hydroxylation sites is 1. The molecular formula is C25H17ClN4O4. The number of hydrazone groups is 1. The van der Waals surface area contributed by atoms with Crippen LogP contribution in [0.4, 0.5) is 5.69 Å². The fourth-order valence-electron chi connectivity index (χ4n) is 3.82. The van der Waals surface area contributed by atoms with E-state index in [-0.39, 0.29) is 22.5 Å². The van der Waals surface area contributed by atoms with Crippen LogP contribution in [0.5, 0.6) is 0 Å². The van der Waals surface area contributed by atoms with Gasteiger partial charge in [0.15, 0.2) is 0 Å². The Bertz CT molecular complexity index is 1470. The molecule has 5 rings (SSSR count). The third-order valence-corrected chi connectivity index (χ3v) is 5.75. The van der Waals surface area contributed by atoms with Crippen molar-refractivity contribution in [3.8, 4) is 11.3 Å². The molecule has 0 unspecified atom stereocenters. The van der Waals surface area contributed by atoms with Crippen LogP contribution in [0.3, 0.4) is 0 Å². The summed E-state index contributed by atoms with van der Waals surface area (Å²) in [7, 11) is 0. The molecule has 0 bridgehead atoms. The molecule has 0 radical (unpaired) electrons. The molecule has 0 saturated heterocycles. The van der Waals surface area contributed by atoms with E-state index < -0.39 is 11.2 Å². The SMILES string of the molecule is CC(=O)N1N=C(c2cc(-c3ccccc3)nc3ccccc23)O[C@@H]1c1ccc(Cl)c([N+](=O)[O-])c1. The van der Waals surface area contributed by atoms with Gasteiger partial charge in [0.2, 0.25) is 18.0 Å². The van der Waals surface area contributed by atoms with Crippen molar-refractivity contribution in [2.45, 2.75) is 13.2 Å². The van der Waals surface area contributed by atoms with Gasteiger partial charge < -0.3 is 4.74 Å². The summed E-state index contributed by atoms with van der Waals surface area (Å²) in [4.78, 5) is 28.0. The topological polar surface area (TPSA) is 97.9 Å². The van der Waals surface area contributed by atoms with Gasteiger partial charge in [-0.2, -0.15) is 5.01 Å². The van der Waals surface area contributed by atoms with E-state index in [9.17, 15) is 14.9 Å². The number of benzene rings is 3. The fourth-order valence-corrected chi connectivity index (χ4v) is 4.01. The quantitative estimate of drug-likeness (QED) is 0.280. The molecule has 34 heavy (non-hydrogen) atoms. The van der Waals surface area contributed by atoms with Gasteiger partial charge in [-0.1, -0.05) is 66.2 Å². The average molecular weight is 473 g/mol. The largest absolute Gasteiger partial charge is 0.446 e. The third-order valence-electron chi connectivity index (χ3n) is 5.43. The molecule has 1 atom stereocenters. The molecular weight excluding hydrogens is 456 g/mol. The van der Waals surface area contributed by atoms with E-state index >= 15 is 0 Å². The van der Waals surface area contributed by atoms with E-state index in [1.807, 2.05) is 60.7 Å². The summed E-state index contributed by atoms with van der Waals surface area (Å²) < 4.78 is 6.14. The maximum absolute atomic E-state index is 12.4. The molecule has 9 heteroatoms. The Morgan fingerprint density at radius 1 is 1.06 bits per heavy atom. The summed E-state index contributed by atoms with van der Waals surface area (Å²) >= 11 is 5.96. The number of aromatic nitrogens is 1. The standard InChI is InChI=1S/C25H17ClN4O4/c1-15(31)29-25(17-11-12-20(26)23(13-17)30(32)33)34-24(28-29)19-14-22(16-7-3-2-4-8-16)27-21-10-6-5-9-18(19)21/h2-14,25H,1H3/t25-/m1/s1. The lowest BCUT2D eigenvalue weighted by molar-refractivity contribution is -0.384. The molecule has 0 aliphatic carbocycles. The molecule has 4 aromatic rings. The number of amides is 1. The van der Waals surface area contributed by atoms with Crippen LogP contribution in [0, 0.1) is 10.1 Å². The van der Waals surface area contributed by atoms with Crippen molar-refractivity contribution < 1.29 is 14.5 Å². The Labute approximate surface area is 199 Å². The number of nitro groups is 1. The lowest BCUT2D eigenvalue weighted by Crippen LogP contribution is -2.25. The molecule has 8 nitrogen and oxygen atoms in total. The molecule has 0 saturated carbocycles. The maximum Gasteiger partial charge on any atom is 0.288 e. The molecule has 168 valence electrons. The fraction of sp³-hybridized carbons (Fsp3) is 0.0800. The van der Waals surface area contributed by atoms with Crippen molar-refractivity contribution in [2.75, 3.05) is 0 Å². The Balaban J connectivity index is 1.63. The first-order chi connectivity index (χ1) is 16.4. The summed E-state index contributed by atoms with van der Waals surface area (Å²) in [5.41, 5.74) is 3.14. The van der Waals surface area contributed by atoms with E-state index in [0.29, 0.717) is 11.1 Å². The predicted octanol–water partition coefficient (Wildman–Crippen LogP) is 5.70. The van der Waals surface area contributed by atoms with E-state index in [4.69, 9.17) is 21.3 Å². The van der Waals surface area contributed by atoms with Crippen molar-refractivity contribution in [3.05, 3.63) is 105 Å². The number of fused-ring (bicyclic) bond motifs is 1. The molecule has 3 aromatic carbocycles. The second-order valence-corrected chi connectivity index (χ2v) is 8.05. The van der Waals surface area contributed by atoms with Crippen LogP contribution in [0.25, 0.3) is 22.2 Å². The minimum absolute atomic E-state index is 0.00473. The van der Waals surface area contributed by atoms with Gasteiger partial charge in [-0.15, -0.1) is 5.10 Å². The number of pyridine rings is 1. The third kappa shape index (κ3) is 3.84. The minimum Gasteiger partial charge on any atom is -0.446 e. The Morgan fingerprint density at radius 3 is 2.53 bits per heavy atom. The van der Waals surface area contributed by atoms with Gasteiger partial charge in [0.05, 0.1) is 16.1 Å². The highest BCUT2D eigenvalue weighted by Gasteiger charge is 2.35. The number of hydrogen-bond donors (Lipinski definition) is 0. The first-order valence-corrected chi connectivity index (χ1v) is 10.7. The van der Waals surface area contributed by atoms with Crippen LogP contribution < -0.4 is 0 Å². The maximum atomic E-state index is 12.4. The minimum atomic E-state index is -0.976. The summed E-state index contributed by atoms with van der Waals surface area (Å²) in [6, 6.07) is 23.4. The van der Waals surface area contributed by atoms with Crippen LogP contribution in [0.15, 0.2) is 84.0 Å². The van der Waals surface area contributed by atoms with Gasteiger partial charge >= 0.3 is 0 Å². The van der Waals surface area contributed by atoms with E-state index in [1.54, 1.807) is 6.07 Å². The smallest absolute Gasteiger partial charge is 0.288 e. The predicted molar refractivity (Wildman–Crippen MR) is 128 cm³/mol. The van der Waals surface area contributed by atoms with Gasteiger partial charge in [-0.25, -0.2) is 4.98 Å². The van der Waals surface area contributed by atoms with Crippen LogP contribution in [0.1, 0.15) is 24.3 Å². The first kappa shape index (κ1) is 21.5. The summed E-state index contributed by atoms with van der Waals surface area (Å²) in [6.45, 7) is 1.35. The average Bonchev–Trinajstić information content (AvgIpc) is 3.30. The summed E-state index contributed by atoms with van der Waals surface area (Å²) in [5.74, 6) is -0.159. The van der Waals surface area contributed by atoms with Crippen molar-refractivity contribution in [2.24, 2.45) is 5.10 Å². The van der Waals surface area contributed by atoms with E-state index in [1.165, 1.54) is 24.1 Å². The van der Waals surface area contributed by atoms with Crippen LogP contribution in [0.2, 0.25) is 5.02 Å². The zero-order valence-corrected chi connectivity index (χ0v) is 18.6. The normalized spacial score (nSPS) is 15.2. The number of carbonyl (C=O) groups excluding carboxylic acids is 1. The van der Waals surface area contributed by atoms with Gasteiger partial charge in [0.25, 0.3) is 5.69 Å². The number of nitro benzene ring substituents is 1. The van der Waals surface area contributed by atoms with Gasteiger partial charge in [0, 0.05) is 35.1 Å². The molecule has 0 fully saturated rings. The van der Waals surface area contributed by atoms with Crippen molar-refractivity contribution >= 4 is 40.0 Å². The molecule has 1 aliphatic heterocycles. The monoisotopic (exact) mass is 472 g/mol. The van der Waals surface area contributed by atoms with E-state index in [2.05, 4.69) is 5.10 Å². The van der Waals surface area contributed by atoms with Crippen LogP contribution >= 0.6 is 11.6 Å². The second kappa shape index (κ2) is 8.57. The van der Waals surface area contributed by atoms with Gasteiger partial charge in [-0.05, 0) is 18.2 Å². The lowest BCUT2D eigenvalue weighted by atomic mass is 10.0.